The molecule has 4 aromatic rings. The summed E-state index contributed by atoms with van der Waals surface area (Å²) in [7, 11) is -2.14. The van der Waals surface area contributed by atoms with Gasteiger partial charge in [0, 0.05) is 10.0 Å². The summed E-state index contributed by atoms with van der Waals surface area (Å²) in [5.41, 5.74) is -1.54. The molecular formula is C28H20Cl2F6P2. The Bertz CT molecular complexity index is 1230. The highest BCUT2D eigenvalue weighted by molar-refractivity contribution is 7.76. The van der Waals surface area contributed by atoms with Crippen molar-refractivity contribution in [2.45, 2.75) is 12.4 Å². The molecule has 0 aliphatic heterocycles. The molecule has 0 aliphatic rings. The largest absolute Gasteiger partial charge is 0.416 e. The van der Waals surface area contributed by atoms with Gasteiger partial charge in [0.1, 0.15) is 0 Å². The first-order valence-electron chi connectivity index (χ1n) is 11.3. The Morgan fingerprint density at radius 1 is 0.421 bits per heavy atom. The zero-order valence-corrected chi connectivity index (χ0v) is 22.9. The molecule has 0 nitrogen and oxygen atoms in total. The molecule has 0 saturated carbocycles. The fourth-order valence-electron chi connectivity index (χ4n) is 3.92. The van der Waals surface area contributed by atoms with Crippen LogP contribution in [0.2, 0.25) is 10.0 Å². The molecule has 0 radical (unpaired) electrons. The van der Waals surface area contributed by atoms with E-state index in [0.717, 1.165) is 34.9 Å². The molecule has 0 unspecified atom stereocenters. The maximum atomic E-state index is 13.2. The second kappa shape index (κ2) is 12.0. The van der Waals surface area contributed by atoms with Gasteiger partial charge in [-0.25, -0.2) is 0 Å². The highest BCUT2D eigenvalue weighted by atomic mass is 35.5. The van der Waals surface area contributed by atoms with Crippen LogP contribution in [0.4, 0.5) is 26.3 Å². The molecular weight excluding hydrogens is 583 g/mol. The number of alkyl halides is 6. The van der Waals surface area contributed by atoms with Gasteiger partial charge in [-0.15, -0.1) is 0 Å². The van der Waals surface area contributed by atoms with E-state index in [0.29, 0.717) is 33.0 Å². The maximum absolute atomic E-state index is 13.2. The molecule has 0 N–H and O–H groups in total. The van der Waals surface area contributed by atoms with Crippen LogP contribution in [0.3, 0.4) is 0 Å². The lowest BCUT2D eigenvalue weighted by Gasteiger charge is -2.24. The molecule has 4 rings (SSSR count). The number of rotatable bonds is 7. The molecule has 0 heterocycles. The van der Waals surface area contributed by atoms with Crippen LogP contribution in [-0.2, 0) is 12.4 Å². The SMILES string of the molecule is FC(F)(F)c1ccc(P(CCP(c2ccc(Cl)cc2)c2ccc(Cl)cc2)c2ccc(C(F)(F)F)cc2)cc1. The zero-order chi connectivity index (χ0) is 27.5. The predicted molar refractivity (Wildman–Crippen MR) is 148 cm³/mol. The van der Waals surface area contributed by atoms with Crippen LogP contribution in [0.25, 0.3) is 0 Å². The zero-order valence-electron chi connectivity index (χ0n) is 19.6. The van der Waals surface area contributed by atoms with Crippen LogP contribution in [0.15, 0.2) is 97.1 Å². The minimum absolute atomic E-state index is 0.559. The fourth-order valence-corrected chi connectivity index (χ4v) is 9.43. The molecule has 0 spiro atoms. The van der Waals surface area contributed by atoms with Gasteiger partial charge in [-0.05, 0) is 97.9 Å². The summed E-state index contributed by atoms with van der Waals surface area (Å²) < 4.78 is 79.0. The van der Waals surface area contributed by atoms with E-state index in [1.807, 2.05) is 24.3 Å². The molecule has 198 valence electrons. The van der Waals surface area contributed by atoms with Crippen LogP contribution in [0.5, 0.6) is 0 Å². The molecule has 4 aromatic carbocycles. The molecule has 0 saturated heterocycles. The Balaban J connectivity index is 1.70. The van der Waals surface area contributed by atoms with Crippen LogP contribution in [0, 0.1) is 0 Å². The standard InChI is InChI=1S/C28H20Cl2F6P2/c29-21-5-13-25(14-6-21)38(26-15-7-22(30)8-16-26)18-17-37(23-9-1-19(2-10-23)27(31,32)33)24-11-3-20(4-12-24)28(34,35)36/h1-16H,17-18H2. The Morgan fingerprint density at radius 3 is 0.895 bits per heavy atom. The van der Waals surface area contributed by atoms with Crippen molar-refractivity contribution in [3.63, 3.8) is 0 Å². The van der Waals surface area contributed by atoms with Gasteiger partial charge in [0.15, 0.2) is 0 Å². The topological polar surface area (TPSA) is 0 Å². The summed E-state index contributed by atoms with van der Waals surface area (Å²) in [5.74, 6) is 0. The van der Waals surface area contributed by atoms with Crippen LogP contribution in [0.1, 0.15) is 11.1 Å². The predicted octanol–water partition coefficient (Wildman–Crippen LogP) is 8.60. The molecule has 10 heteroatoms. The first-order chi connectivity index (χ1) is 17.9. The molecule has 0 amide bonds. The Kier molecular flexibility index (Phi) is 9.10. The summed E-state index contributed by atoms with van der Waals surface area (Å²) in [6, 6.07) is 24.8. The van der Waals surface area contributed by atoms with Gasteiger partial charge in [0.2, 0.25) is 0 Å². The van der Waals surface area contributed by atoms with Crippen molar-refractivity contribution in [2.24, 2.45) is 0 Å². The van der Waals surface area contributed by atoms with Gasteiger partial charge in [-0.2, -0.15) is 26.3 Å². The van der Waals surface area contributed by atoms with Crippen molar-refractivity contribution in [3.8, 4) is 0 Å². The summed E-state index contributed by atoms with van der Waals surface area (Å²) in [5, 5.41) is 4.63. The van der Waals surface area contributed by atoms with Gasteiger partial charge in [0.05, 0.1) is 11.1 Å². The fraction of sp³-hybridized carbons (Fsp3) is 0.143. The summed E-state index contributed by atoms with van der Waals surface area (Å²) >= 11 is 12.2. The quantitative estimate of drug-likeness (QED) is 0.147. The average molecular weight is 603 g/mol. The number of benzene rings is 4. The Labute approximate surface area is 229 Å². The van der Waals surface area contributed by atoms with Gasteiger partial charge >= 0.3 is 12.4 Å². The first kappa shape index (κ1) is 28.9. The van der Waals surface area contributed by atoms with Crippen molar-refractivity contribution in [3.05, 3.63) is 118 Å². The smallest absolute Gasteiger partial charge is 0.166 e. The minimum atomic E-state index is -4.48. The Morgan fingerprint density at radius 2 is 0.658 bits per heavy atom. The molecule has 38 heavy (non-hydrogen) atoms. The lowest BCUT2D eigenvalue weighted by atomic mass is 10.2. The van der Waals surface area contributed by atoms with E-state index in [1.54, 1.807) is 24.3 Å². The summed E-state index contributed by atoms with van der Waals surface area (Å²) in [4.78, 5) is 0. The molecule has 0 aliphatic carbocycles. The molecule has 0 bridgehead atoms. The third-order valence-corrected chi connectivity index (χ3v) is 11.7. The van der Waals surface area contributed by atoms with Crippen molar-refractivity contribution in [1.29, 1.82) is 0 Å². The highest BCUT2D eigenvalue weighted by Gasteiger charge is 2.32. The highest BCUT2D eigenvalue weighted by Crippen LogP contribution is 2.42. The van der Waals surface area contributed by atoms with Crippen molar-refractivity contribution in [1.82, 2.24) is 0 Å². The van der Waals surface area contributed by atoms with Gasteiger partial charge in [-0.1, -0.05) is 71.7 Å². The molecule has 0 atom stereocenters. The van der Waals surface area contributed by atoms with Crippen LogP contribution >= 0.6 is 39.0 Å². The van der Waals surface area contributed by atoms with Crippen molar-refractivity contribution < 1.29 is 26.3 Å². The normalized spacial score (nSPS) is 12.4. The molecule has 0 aromatic heterocycles. The van der Waals surface area contributed by atoms with E-state index in [1.165, 1.54) is 24.3 Å². The second-order valence-corrected chi connectivity index (χ2v) is 13.9. The van der Waals surface area contributed by atoms with Crippen molar-refractivity contribution in [2.75, 3.05) is 12.3 Å². The number of halogens is 8. The van der Waals surface area contributed by atoms with Crippen LogP contribution < -0.4 is 21.2 Å². The van der Waals surface area contributed by atoms with E-state index in [-0.39, 0.29) is 0 Å². The second-order valence-electron chi connectivity index (χ2n) is 8.35. The van der Waals surface area contributed by atoms with E-state index in [4.69, 9.17) is 23.2 Å². The van der Waals surface area contributed by atoms with Crippen LogP contribution in [-0.4, -0.2) is 12.3 Å². The lowest BCUT2D eigenvalue weighted by Crippen LogP contribution is -2.20. The van der Waals surface area contributed by atoms with Gasteiger partial charge < -0.3 is 0 Å². The third-order valence-electron chi connectivity index (χ3n) is 5.84. The average Bonchev–Trinajstić information content (AvgIpc) is 2.87. The van der Waals surface area contributed by atoms with Gasteiger partial charge in [0.25, 0.3) is 0 Å². The number of hydrogen-bond acceptors (Lipinski definition) is 0. The molecule has 0 fully saturated rings. The number of hydrogen-bond donors (Lipinski definition) is 0. The minimum Gasteiger partial charge on any atom is -0.166 e. The third kappa shape index (κ3) is 7.30. The van der Waals surface area contributed by atoms with E-state index in [2.05, 4.69) is 0 Å². The summed E-state index contributed by atoms with van der Waals surface area (Å²) in [6.45, 7) is 0. The van der Waals surface area contributed by atoms with E-state index < -0.39 is 39.3 Å². The van der Waals surface area contributed by atoms with E-state index in [9.17, 15) is 26.3 Å². The van der Waals surface area contributed by atoms with Crippen molar-refractivity contribution >= 4 is 60.3 Å². The summed E-state index contributed by atoms with van der Waals surface area (Å²) in [6.07, 6.45) is -7.74. The first-order valence-corrected chi connectivity index (χ1v) is 15.1. The monoisotopic (exact) mass is 602 g/mol. The van der Waals surface area contributed by atoms with Gasteiger partial charge in [-0.3, -0.25) is 0 Å². The maximum Gasteiger partial charge on any atom is 0.416 e. The van der Waals surface area contributed by atoms with E-state index >= 15 is 0 Å². The Hall–Kier alpha value is -2.10. The lowest BCUT2D eigenvalue weighted by molar-refractivity contribution is -0.138.